The molecular weight excluding hydrogens is 504 g/mol. The van der Waals surface area contributed by atoms with E-state index in [1.807, 2.05) is 42.5 Å². The number of rotatable bonds is 10. The lowest BCUT2D eigenvalue weighted by Crippen LogP contribution is -2.51. The molecule has 192 valence electrons. The highest BCUT2D eigenvalue weighted by atomic mass is 32.2. The van der Waals surface area contributed by atoms with Crippen LogP contribution in [-0.2, 0) is 39.8 Å². The van der Waals surface area contributed by atoms with Crippen LogP contribution in [0.3, 0.4) is 0 Å². The molecule has 1 unspecified atom stereocenters. The van der Waals surface area contributed by atoms with Crippen molar-refractivity contribution in [2.75, 3.05) is 20.8 Å². The highest BCUT2D eigenvalue weighted by molar-refractivity contribution is 7.85. The van der Waals surface area contributed by atoms with Gasteiger partial charge in [-0.15, -0.1) is 0 Å². The van der Waals surface area contributed by atoms with E-state index in [0.29, 0.717) is 49.2 Å². The molecule has 0 fully saturated rings. The first-order chi connectivity index (χ1) is 17.2. The average Bonchev–Trinajstić information content (AvgIpc) is 3.37. The Kier molecular flexibility index (Phi) is 7.59. The Bertz CT molecular complexity index is 1350. The summed E-state index contributed by atoms with van der Waals surface area (Å²) in [5, 5.41) is -0.494. The van der Waals surface area contributed by atoms with Crippen molar-refractivity contribution >= 4 is 27.8 Å². The van der Waals surface area contributed by atoms with E-state index in [4.69, 9.17) is 15.2 Å². The lowest BCUT2D eigenvalue weighted by molar-refractivity contribution is -0.119. The number of primary amides is 1. The van der Waals surface area contributed by atoms with E-state index in [1.165, 1.54) is 0 Å². The molecule has 3 N–H and O–H groups in total. The lowest BCUT2D eigenvalue weighted by atomic mass is 9.80. The van der Waals surface area contributed by atoms with Crippen molar-refractivity contribution < 1.29 is 27.2 Å². The van der Waals surface area contributed by atoms with Gasteiger partial charge in [-0.1, -0.05) is 30.3 Å². The van der Waals surface area contributed by atoms with Crippen LogP contribution in [0.15, 0.2) is 47.5 Å². The van der Waals surface area contributed by atoms with E-state index in [1.54, 1.807) is 14.2 Å². The van der Waals surface area contributed by atoms with E-state index in [2.05, 4.69) is 13.6 Å². The fourth-order valence-corrected chi connectivity index (χ4v) is 6.41. The zero-order chi connectivity index (χ0) is 25.9. The standard InChI is InChI=1S/C24H28N4O6S2/c1-33-19-12-17-9-11-28(15-18(17)13-20(19)34-2)24(10-8-21(25)29,14-16-6-4-3-5-7-16)22-23(27-35-26-22)36(30,31)32/h3-7,12-13H,8-11,14-15H2,1-2H3,(H2,25,29)(H,30,31,32). The first-order valence-electron chi connectivity index (χ1n) is 11.3. The molecule has 2 heterocycles. The molecule has 1 aliphatic heterocycles. The number of hydrogen-bond donors (Lipinski definition) is 2. The lowest BCUT2D eigenvalue weighted by Gasteiger charge is -2.45. The van der Waals surface area contributed by atoms with Crippen LogP contribution in [0.4, 0.5) is 0 Å². The smallest absolute Gasteiger partial charge is 0.315 e. The summed E-state index contributed by atoms with van der Waals surface area (Å²) in [6.45, 7) is 0.959. The fourth-order valence-electron chi connectivity index (χ4n) is 4.86. The van der Waals surface area contributed by atoms with E-state index in [9.17, 15) is 17.8 Å². The van der Waals surface area contributed by atoms with Gasteiger partial charge in [-0.3, -0.25) is 14.2 Å². The van der Waals surface area contributed by atoms with Crippen LogP contribution in [0.5, 0.6) is 11.5 Å². The van der Waals surface area contributed by atoms with Crippen LogP contribution >= 0.6 is 11.7 Å². The summed E-state index contributed by atoms with van der Waals surface area (Å²) in [5.74, 6) is 0.692. The highest BCUT2D eigenvalue weighted by Gasteiger charge is 2.46. The van der Waals surface area contributed by atoms with Gasteiger partial charge in [0.05, 0.1) is 31.5 Å². The van der Waals surface area contributed by atoms with Crippen molar-refractivity contribution in [3.8, 4) is 11.5 Å². The highest BCUT2D eigenvalue weighted by Crippen LogP contribution is 2.43. The van der Waals surface area contributed by atoms with Crippen LogP contribution in [0.1, 0.15) is 35.2 Å². The van der Waals surface area contributed by atoms with Gasteiger partial charge in [-0.05, 0) is 48.1 Å². The van der Waals surface area contributed by atoms with E-state index in [-0.39, 0.29) is 18.5 Å². The Labute approximate surface area is 214 Å². The van der Waals surface area contributed by atoms with Crippen molar-refractivity contribution in [1.29, 1.82) is 0 Å². The molecule has 2 aromatic carbocycles. The van der Waals surface area contributed by atoms with Gasteiger partial charge in [-0.2, -0.15) is 17.2 Å². The quantitative estimate of drug-likeness (QED) is 0.376. The molecule has 1 aromatic heterocycles. The van der Waals surface area contributed by atoms with Crippen LogP contribution in [-0.4, -0.2) is 53.3 Å². The Morgan fingerprint density at radius 2 is 1.81 bits per heavy atom. The molecule has 0 aliphatic carbocycles. The van der Waals surface area contributed by atoms with Crippen LogP contribution < -0.4 is 15.2 Å². The van der Waals surface area contributed by atoms with Crippen molar-refractivity contribution in [2.24, 2.45) is 5.73 Å². The number of nitrogens with zero attached hydrogens (tertiary/aromatic N) is 3. The van der Waals surface area contributed by atoms with Gasteiger partial charge in [0.1, 0.15) is 5.69 Å². The van der Waals surface area contributed by atoms with Crippen molar-refractivity contribution in [2.45, 2.75) is 42.8 Å². The predicted octanol–water partition coefficient (Wildman–Crippen LogP) is 2.56. The number of ether oxygens (including phenoxy) is 2. The molecule has 0 saturated heterocycles. The van der Waals surface area contributed by atoms with Crippen LogP contribution in [0, 0.1) is 0 Å². The van der Waals surface area contributed by atoms with Gasteiger partial charge in [-0.25, -0.2) is 0 Å². The normalized spacial score (nSPS) is 15.6. The van der Waals surface area contributed by atoms with Crippen LogP contribution in [0.25, 0.3) is 0 Å². The molecule has 4 rings (SSSR count). The summed E-state index contributed by atoms with van der Waals surface area (Å²) < 4.78 is 53.8. The molecule has 0 bridgehead atoms. The molecular formula is C24H28N4O6S2. The number of benzene rings is 2. The van der Waals surface area contributed by atoms with Crippen molar-refractivity contribution in [3.05, 3.63) is 64.8 Å². The maximum Gasteiger partial charge on any atom is 0.315 e. The minimum Gasteiger partial charge on any atom is -0.493 e. The second-order valence-corrected chi connectivity index (χ2v) is 10.6. The number of carbonyl (C=O) groups is 1. The Morgan fingerprint density at radius 1 is 1.14 bits per heavy atom. The number of carbonyl (C=O) groups excluding carboxylic acids is 1. The monoisotopic (exact) mass is 532 g/mol. The zero-order valence-corrected chi connectivity index (χ0v) is 21.6. The van der Waals surface area contributed by atoms with Gasteiger partial charge >= 0.3 is 10.1 Å². The molecule has 1 aliphatic rings. The first kappa shape index (κ1) is 26.0. The Balaban J connectivity index is 1.88. The minimum absolute atomic E-state index is 0.00936. The molecule has 1 amide bonds. The number of aromatic nitrogens is 2. The third-order valence-corrected chi connectivity index (χ3v) is 8.01. The summed E-state index contributed by atoms with van der Waals surface area (Å²) in [4.78, 5) is 14.1. The number of hydrogen-bond acceptors (Lipinski definition) is 9. The predicted molar refractivity (Wildman–Crippen MR) is 134 cm³/mol. The maximum absolute atomic E-state index is 12.3. The maximum atomic E-state index is 12.3. The fraction of sp³-hybridized carbons (Fsp3) is 0.375. The molecule has 12 heteroatoms. The Hall–Kier alpha value is -3.06. The largest absolute Gasteiger partial charge is 0.493 e. The topological polar surface area (TPSA) is 145 Å². The van der Waals surface area contributed by atoms with Gasteiger partial charge in [0.15, 0.2) is 11.5 Å². The number of amides is 1. The van der Waals surface area contributed by atoms with Crippen LogP contribution in [0.2, 0.25) is 0 Å². The third-order valence-electron chi connectivity index (χ3n) is 6.59. The van der Waals surface area contributed by atoms with Gasteiger partial charge in [0.2, 0.25) is 10.9 Å². The zero-order valence-electron chi connectivity index (χ0n) is 20.0. The first-order valence-corrected chi connectivity index (χ1v) is 13.5. The van der Waals surface area contributed by atoms with Gasteiger partial charge < -0.3 is 15.2 Å². The molecule has 10 nitrogen and oxygen atoms in total. The molecule has 0 radical (unpaired) electrons. The second-order valence-electron chi connectivity index (χ2n) is 8.70. The van der Waals surface area contributed by atoms with Gasteiger partial charge in [0.25, 0.3) is 0 Å². The minimum atomic E-state index is -4.67. The average molecular weight is 533 g/mol. The van der Waals surface area contributed by atoms with E-state index < -0.39 is 26.6 Å². The summed E-state index contributed by atoms with van der Waals surface area (Å²) in [7, 11) is -1.52. The SMILES string of the molecule is COc1cc2c(cc1OC)CN(C(CCC(N)=O)(Cc1ccccc1)c1nsnc1S(=O)(=O)O)CC2. The van der Waals surface area contributed by atoms with Crippen molar-refractivity contribution in [3.63, 3.8) is 0 Å². The molecule has 0 saturated carbocycles. The number of methoxy groups -OCH3 is 2. The summed E-state index contributed by atoms with van der Waals surface area (Å²) in [6.07, 6.45) is 1.15. The summed E-state index contributed by atoms with van der Waals surface area (Å²) >= 11 is 0.707. The van der Waals surface area contributed by atoms with E-state index >= 15 is 0 Å². The van der Waals surface area contributed by atoms with Gasteiger partial charge in [0, 0.05) is 19.5 Å². The molecule has 3 aromatic rings. The summed E-state index contributed by atoms with van der Waals surface area (Å²) in [6, 6.07) is 13.4. The Morgan fingerprint density at radius 3 is 2.42 bits per heavy atom. The number of fused-ring (bicyclic) bond motifs is 1. The third kappa shape index (κ3) is 5.21. The number of nitrogens with two attached hydrogens (primary N) is 1. The second kappa shape index (κ2) is 10.5. The summed E-state index contributed by atoms with van der Waals surface area (Å²) in [5.41, 5.74) is 7.56. The van der Waals surface area contributed by atoms with E-state index in [0.717, 1.165) is 16.7 Å². The molecule has 0 spiro atoms. The molecule has 36 heavy (non-hydrogen) atoms. The van der Waals surface area contributed by atoms with Crippen molar-refractivity contribution in [1.82, 2.24) is 13.6 Å². The molecule has 1 atom stereocenters.